The zero-order chi connectivity index (χ0) is 17.8. The number of β-lactam (4-membered cyclic amide) rings is 1. The lowest BCUT2D eigenvalue weighted by Crippen LogP contribution is -2.64. The fraction of sp³-hybridized carbons (Fsp3) is 0.667. The molecule has 4 unspecified atom stereocenters. The van der Waals surface area contributed by atoms with Crippen molar-refractivity contribution in [1.29, 1.82) is 5.41 Å². The van der Waals surface area contributed by atoms with E-state index in [2.05, 4.69) is 0 Å². The first-order chi connectivity index (χ1) is 11.2. The van der Waals surface area contributed by atoms with Crippen LogP contribution in [-0.2, 0) is 9.59 Å². The number of nitrogens with one attached hydrogen (secondary N) is 1. The number of fused-ring (bicyclic) bond motifs is 1. The topological polar surface area (TPSA) is 105 Å². The van der Waals surface area contributed by atoms with Crippen molar-refractivity contribution in [2.45, 2.75) is 43.0 Å². The molecule has 3 N–H and O–H groups in total. The quantitative estimate of drug-likeness (QED) is 0.293. The number of aliphatic hydroxyl groups excluding tert-OH is 1. The zero-order valence-corrected chi connectivity index (χ0v) is 15.0. The van der Waals surface area contributed by atoms with E-state index < -0.39 is 29.4 Å². The number of hydrogen-bond donors (Lipinski definition) is 3. The lowest BCUT2D eigenvalue weighted by atomic mass is 9.83. The highest BCUT2D eigenvalue weighted by Gasteiger charge is 2.61. The number of carboxylic acid groups (broad SMARTS) is 1. The van der Waals surface area contributed by atoms with Crippen molar-refractivity contribution in [1.82, 2.24) is 9.80 Å². The van der Waals surface area contributed by atoms with Gasteiger partial charge in [-0.05, 0) is 20.3 Å². The summed E-state index contributed by atoms with van der Waals surface area (Å²) in [5.74, 6) is -1.70. The molecule has 2 saturated heterocycles. The van der Waals surface area contributed by atoms with E-state index in [-0.39, 0.29) is 16.9 Å². The number of amidine groups is 1. The van der Waals surface area contributed by atoms with Crippen LogP contribution in [0.4, 0.5) is 0 Å². The van der Waals surface area contributed by atoms with Crippen molar-refractivity contribution in [3.05, 3.63) is 10.6 Å². The number of halogens is 1. The predicted octanol–water partition coefficient (Wildman–Crippen LogP) is 0.916. The molecule has 0 aromatic carbocycles. The van der Waals surface area contributed by atoms with Gasteiger partial charge in [0.15, 0.2) is 0 Å². The summed E-state index contributed by atoms with van der Waals surface area (Å²) in [4.78, 5) is 27.6. The standard InChI is InChI=1S/C15H20ClN3O4S/c1-6(20)9-11-10(16)13(12(15(22)23)19(11)14(9)21)24-8-3-4-18(5-8)7(2)17/h6,8-11,17,20H,3-5H2,1-2H3,(H,22,23)/t6?,8?,9?,10?,11-/m0/s1. The molecule has 3 aliphatic rings. The van der Waals surface area contributed by atoms with Crippen molar-refractivity contribution in [2.24, 2.45) is 5.92 Å². The number of hydrogen-bond acceptors (Lipinski definition) is 5. The summed E-state index contributed by atoms with van der Waals surface area (Å²) in [6.45, 7) is 4.68. The van der Waals surface area contributed by atoms with E-state index in [1.807, 2.05) is 4.90 Å². The molecule has 0 aromatic heterocycles. The number of rotatable bonds is 4. The predicted molar refractivity (Wildman–Crippen MR) is 91.1 cm³/mol. The highest BCUT2D eigenvalue weighted by molar-refractivity contribution is 8.03. The summed E-state index contributed by atoms with van der Waals surface area (Å²) in [6, 6.07) is -0.491. The van der Waals surface area contributed by atoms with Crippen LogP contribution < -0.4 is 0 Å². The Morgan fingerprint density at radius 1 is 1.50 bits per heavy atom. The highest BCUT2D eigenvalue weighted by Crippen LogP contribution is 2.50. The van der Waals surface area contributed by atoms with Crippen molar-refractivity contribution in [3.8, 4) is 0 Å². The minimum atomic E-state index is -1.17. The van der Waals surface area contributed by atoms with Gasteiger partial charge in [-0.15, -0.1) is 23.4 Å². The van der Waals surface area contributed by atoms with E-state index in [4.69, 9.17) is 17.0 Å². The van der Waals surface area contributed by atoms with Crippen LogP contribution >= 0.6 is 23.4 Å². The summed E-state index contributed by atoms with van der Waals surface area (Å²) in [5.41, 5.74) is -0.0445. The smallest absolute Gasteiger partial charge is 0.353 e. The van der Waals surface area contributed by atoms with Crippen LogP contribution in [0, 0.1) is 11.3 Å². The largest absolute Gasteiger partial charge is 0.477 e. The number of carbonyl (C=O) groups is 2. The number of aliphatic hydroxyl groups is 1. The number of likely N-dealkylation sites (tertiary alicyclic amines) is 1. The molecule has 3 heterocycles. The molecule has 0 spiro atoms. The van der Waals surface area contributed by atoms with Crippen LogP contribution in [0.1, 0.15) is 20.3 Å². The van der Waals surface area contributed by atoms with Gasteiger partial charge in [0, 0.05) is 23.2 Å². The summed E-state index contributed by atoms with van der Waals surface area (Å²) in [7, 11) is 0. The number of alkyl halides is 1. The molecule has 132 valence electrons. The average Bonchev–Trinajstić information content (AvgIpc) is 3.03. The Labute approximate surface area is 149 Å². The van der Waals surface area contributed by atoms with Gasteiger partial charge in [-0.1, -0.05) is 0 Å². The normalized spacial score (nSPS) is 33.6. The van der Waals surface area contributed by atoms with Crippen molar-refractivity contribution < 1.29 is 19.8 Å². The van der Waals surface area contributed by atoms with E-state index in [1.165, 1.54) is 23.6 Å². The SMILES string of the molecule is CC(=N)N1CCC(SC2=C(C(=O)O)N3C(=O)C(C(C)O)[C@H]3C2Cl)C1. The molecule has 1 amide bonds. The first-order valence-electron chi connectivity index (χ1n) is 7.83. The van der Waals surface area contributed by atoms with E-state index in [0.29, 0.717) is 17.3 Å². The molecule has 3 rings (SSSR count). The molecule has 0 bridgehead atoms. The Kier molecular flexibility index (Phi) is 4.57. The van der Waals surface area contributed by atoms with Gasteiger partial charge in [0.05, 0.1) is 29.3 Å². The van der Waals surface area contributed by atoms with Gasteiger partial charge >= 0.3 is 5.97 Å². The average molecular weight is 374 g/mol. The molecule has 0 saturated carbocycles. The van der Waals surface area contributed by atoms with Gasteiger partial charge in [-0.3, -0.25) is 15.1 Å². The second-order valence-corrected chi connectivity index (χ2v) is 8.26. The number of carbonyl (C=O) groups excluding carboxylic acids is 1. The fourth-order valence-electron chi connectivity index (χ4n) is 3.64. The maximum absolute atomic E-state index is 12.2. The van der Waals surface area contributed by atoms with Crippen molar-refractivity contribution in [2.75, 3.05) is 13.1 Å². The second-order valence-electron chi connectivity index (χ2n) is 6.44. The number of amides is 1. The molecule has 0 aromatic rings. The van der Waals surface area contributed by atoms with Gasteiger partial charge in [0.1, 0.15) is 5.70 Å². The zero-order valence-electron chi connectivity index (χ0n) is 13.4. The molecule has 0 aliphatic carbocycles. The molecule has 5 atom stereocenters. The second kappa shape index (κ2) is 6.24. The fourth-order valence-corrected chi connectivity index (χ4v) is 5.57. The van der Waals surface area contributed by atoms with Gasteiger partial charge in [-0.25, -0.2) is 4.79 Å². The maximum atomic E-state index is 12.2. The Morgan fingerprint density at radius 2 is 2.17 bits per heavy atom. The van der Waals surface area contributed by atoms with Crippen molar-refractivity contribution >= 4 is 41.1 Å². The Balaban J connectivity index is 1.83. The molecular formula is C15H20ClN3O4S. The lowest BCUT2D eigenvalue weighted by Gasteiger charge is -2.45. The number of nitrogens with zero attached hydrogens (tertiary/aromatic N) is 2. The molecule has 2 fully saturated rings. The Hall–Kier alpha value is -1.25. The molecule has 24 heavy (non-hydrogen) atoms. The molecule has 3 aliphatic heterocycles. The Bertz CT molecular complexity index is 638. The number of carboxylic acids is 1. The minimum Gasteiger partial charge on any atom is -0.477 e. The monoisotopic (exact) mass is 373 g/mol. The summed E-state index contributed by atoms with van der Waals surface area (Å²) in [5, 5.41) is 26.5. The highest BCUT2D eigenvalue weighted by atomic mass is 35.5. The van der Waals surface area contributed by atoms with Gasteiger partial charge < -0.3 is 15.1 Å². The van der Waals surface area contributed by atoms with E-state index >= 15 is 0 Å². The number of thioether (sulfide) groups is 1. The maximum Gasteiger partial charge on any atom is 0.353 e. The number of aliphatic carboxylic acids is 1. The first-order valence-corrected chi connectivity index (χ1v) is 9.15. The third-order valence-corrected chi connectivity index (χ3v) is 6.87. The van der Waals surface area contributed by atoms with Crippen LogP contribution in [0.3, 0.4) is 0 Å². The van der Waals surface area contributed by atoms with Gasteiger partial charge in [0.2, 0.25) is 5.91 Å². The van der Waals surface area contributed by atoms with Crippen LogP contribution in [0.25, 0.3) is 0 Å². The van der Waals surface area contributed by atoms with Gasteiger partial charge in [-0.2, -0.15) is 0 Å². The molecule has 9 heteroatoms. The van der Waals surface area contributed by atoms with Crippen LogP contribution in [0.15, 0.2) is 10.6 Å². The Morgan fingerprint density at radius 3 is 2.67 bits per heavy atom. The lowest BCUT2D eigenvalue weighted by molar-refractivity contribution is -0.160. The van der Waals surface area contributed by atoms with E-state index in [1.54, 1.807) is 6.92 Å². The molecule has 0 radical (unpaired) electrons. The first kappa shape index (κ1) is 17.6. The van der Waals surface area contributed by atoms with Crippen LogP contribution in [0.5, 0.6) is 0 Å². The summed E-state index contributed by atoms with van der Waals surface area (Å²) < 4.78 is 0. The molecule has 7 nitrogen and oxygen atoms in total. The molecular weight excluding hydrogens is 354 g/mol. The summed E-state index contributed by atoms with van der Waals surface area (Å²) >= 11 is 7.89. The minimum absolute atomic E-state index is 0.0445. The van der Waals surface area contributed by atoms with E-state index in [0.717, 1.165) is 13.0 Å². The van der Waals surface area contributed by atoms with Crippen molar-refractivity contribution in [3.63, 3.8) is 0 Å². The summed E-state index contributed by atoms with van der Waals surface area (Å²) in [6.07, 6.45) is -0.0266. The van der Waals surface area contributed by atoms with Crippen LogP contribution in [0.2, 0.25) is 0 Å². The third kappa shape index (κ3) is 2.60. The van der Waals surface area contributed by atoms with Gasteiger partial charge in [0.25, 0.3) is 0 Å². The third-order valence-electron chi connectivity index (χ3n) is 4.85. The van der Waals surface area contributed by atoms with Crippen LogP contribution in [-0.4, -0.2) is 73.6 Å². The van der Waals surface area contributed by atoms with E-state index in [9.17, 15) is 19.8 Å².